The van der Waals surface area contributed by atoms with Gasteiger partial charge in [-0.1, -0.05) is 13.3 Å². The van der Waals surface area contributed by atoms with Gasteiger partial charge < -0.3 is 20.1 Å². The second-order valence-corrected chi connectivity index (χ2v) is 5.49. The zero-order valence-corrected chi connectivity index (χ0v) is 13.3. The van der Waals surface area contributed by atoms with Crippen LogP contribution >= 0.6 is 0 Å². The highest BCUT2D eigenvalue weighted by Crippen LogP contribution is 2.24. The monoisotopic (exact) mass is 285 g/mol. The molecule has 1 heterocycles. The van der Waals surface area contributed by atoms with Crippen LogP contribution in [0.1, 0.15) is 46.5 Å². The highest BCUT2D eigenvalue weighted by Gasteiger charge is 2.29. The van der Waals surface area contributed by atoms with Crippen molar-refractivity contribution in [3.63, 3.8) is 0 Å². The maximum absolute atomic E-state index is 5.75. The van der Waals surface area contributed by atoms with E-state index in [1.54, 1.807) is 0 Å². The fourth-order valence-electron chi connectivity index (χ4n) is 2.14. The Morgan fingerprint density at radius 3 is 2.80 bits per heavy atom. The lowest BCUT2D eigenvalue weighted by molar-refractivity contribution is 0.0283. The lowest BCUT2D eigenvalue weighted by Crippen LogP contribution is -2.40. The molecule has 0 radical (unpaired) electrons. The summed E-state index contributed by atoms with van der Waals surface area (Å²) in [5.41, 5.74) is -0.0834. The van der Waals surface area contributed by atoms with Crippen LogP contribution in [0.25, 0.3) is 0 Å². The van der Waals surface area contributed by atoms with Crippen LogP contribution in [0.2, 0.25) is 0 Å². The molecule has 1 aliphatic heterocycles. The average molecular weight is 285 g/mol. The summed E-state index contributed by atoms with van der Waals surface area (Å²) in [5.74, 6) is 0.850. The number of aliphatic imine (C=N–C) groups is 1. The standard InChI is InChI=1S/C15H31N3O2/c1-4-6-10-19-12-9-17-14(16-5-2)18-13-15(3)8-7-11-20-15/h4-13H2,1-3H3,(H2,16,17,18). The minimum atomic E-state index is -0.0834. The van der Waals surface area contributed by atoms with Crippen molar-refractivity contribution in [2.75, 3.05) is 39.5 Å². The minimum Gasteiger partial charge on any atom is -0.380 e. The van der Waals surface area contributed by atoms with Gasteiger partial charge in [0.15, 0.2) is 5.96 Å². The van der Waals surface area contributed by atoms with Crippen molar-refractivity contribution < 1.29 is 9.47 Å². The van der Waals surface area contributed by atoms with Crippen LogP contribution in [0.5, 0.6) is 0 Å². The Morgan fingerprint density at radius 1 is 1.30 bits per heavy atom. The molecule has 5 heteroatoms. The molecule has 1 rings (SSSR count). The average Bonchev–Trinajstić information content (AvgIpc) is 2.87. The summed E-state index contributed by atoms with van der Waals surface area (Å²) in [4.78, 5) is 4.62. The fraction of sp³-hybridized carbons (Fsp3) is 0.933. The molecular formula is C15H31N3O2. The Kier molecular flexibility index (Phi) is 8.62. The lowest BCUT2D eigenvalue weighted by atomic mass is 10.0. The predicted octanol–water partition coefficient (Wildman–Crippen LogP) is 1.93. The first-order valence-electron chi connectivity index (χ1n) is 7.94. The Morgan fingerprint density at radius 2 is 2.15 bits per heavy atom. The Labute approximate surface area is 123 Å². The molecule has 0 spiro atoms. The van der Waals surface area contributed by atoms with Gasteiger partial charge in [-0.2, -0.15) is 0 Å². The summed E-state index contributed by atoms with van der Waals surface area (Å²) in [6.45, 7) is 11.2. The van der Waals surface area contributed by atoms with Crippen molar-refractivity contribution >= 4 is 5.96 Å². The van der Waals surface area contributed by atoms with Crippen LogP contribution in [-0.2, 0) is 9.47 Å². The van der Waals surface area contributed by atoms with Crippen molar-refractivity contribution in [1.29, 1.82) is 0 Å². The molecule has 0 aliphatic carbocycles. The molecule has 1 unspecified atom stereocenters. The van der Waals surface area contributed by atoms with Gasteiger partial charge in [-0.25, -0.2) is 0 Å². The van der Waals surface area contributed by atoms with Gasteiger partial charge in [0.1, 0.15) is 0 Å². The number of hydrogen-bond donors (Lipinski definition) is 2. The quantitative estimate of drug-likeness (QED) is 0.386. The van der Waals surface area contributed by atoms with E-state index in [1.807, 2.05) is 0 Å². The van der Waals surface area contributed by atoms with Crippen LogP contribution in [0, 0.1) is 0 Å². The molecule has 20 heavy (non-hydrogen) atoms. The molecule has 118 valence electrons. The molecule has 0 bridgehead atoms. The summed E-state index contributed by atoms with van der Waals surface area (Å²) in [6.07, 6.45) is 4.54. The molecule has 1 saturated heterocycles. The van der Waals surface area contributed by atoms with E-state index in [-0.39, 0.29) is 5.60 Å². The zero-order chi connectivity index (χ0) is 14.7. The van der Waals surface area contributed by atoms with Gasteiger partial charge in [0, 0.05) is 26.3 Å². The Bertz CT molecular complexity index is 276. The molecule has 0 aromatic carbocycles. The van der Waals surface area contributed by atoms with E-state index in [0.717, 1.165) is 58.1 Å². The van der Waals surface area contributed by atoms with Crippen molar-refractivity contribution in [3.05, 3.63) is 0 Å². The first kappa shape index (κ1) is 17.2. The third-order valence-corrected chi connectivity index (χ3v) is 3.40. The van der Waals surface area contributed by atoms with E-state index >= 15 is 0 Å². The van der Waals surface area contributed by atoms with Gasteiger partial charge in [0.25, 0.3) is 0 Å². The number of nitrogens with zero attached hydrogens (tertiary/aromatic N) is 1. The molecule has 5 nitrogen and oxygen atoms in total. The van der Waals surface area contributed by atoms with Crippen molar-refractivity contribution in [2.45, 2.75) is 52.1 Å². The molecule has 1 atom stereocenters. The number of nitrogens with one attached hydrogen (secondary N) is 2. The van der Waals surface area contributed by atoms with E-state index in [0.29, 0.717) is 6.54 Å². The van der Waals surface area contributed by atoms with Gasteiger partial charge in [0.05, 0.1) is 18.8 Å². The molecule has 1 aliphatic rings. The Balaban J connectivity index is 2.24. The third kappa shape index (κ3) is 7.10. The van der Waals surface area contributed by atoms with E-state index in [2.05, 4.69) is 36.4 Å². The summed E-state index contributed by atoms with van der Waals surface area (Å²) in [6, 6.07) is 0. The molecule has 0 aromatic heterocycles. The molecule has 2 N–H and O–H groups in total. The summed E-state index contributed by atoms with van der Waals surface area (Å²) < 4.78 is 11.3. The summed E-state index contributed by atoms with van der Waals surface area (Å²) in [5, 5.41) is 6.55. The molecular weight excluding hydrogens is 254 g/mol. The smallest absolute Gasteiger partial charge is 0.191 e. The van der Waals surface area contributed by atoms with Crippen LogP contribution < -0.4 is 10.6 Å². The maximum Gasteiger partial charge on any atom is 0.191 e. The maximum atomic E-state index is 5.75. The van der Waals surface area contributed by atoms with E-state index in [1.165, 1.54) is 6.42 Å². The summed E-state index contributed by atoms with van der Waals surface area (Å²) in [7, 11) is 0. The Hall–Kier alpha value is -0.810. The van der Waals surface area contributed by atoms with Gasteiger partial charge in [-0.15, -0.1) is 0 Å². The zero-order valence-electron chi connectivity index (χ0n) is 13.3. The van der Waals surface area contributed by atoms with Crippen molar-refractivity contribution in [2.24, 2.45) is 4.99 Å². The first-order chi connectivity index (χ1) is 9.70. The van der Waals surface area contributed by atoms with Gasteiger partial charge in [-0.3, -0.25) is 4.99 Å². The normalized spacial score (nSPS) is 23.1. The van der Waals surface area contributed by atoms with Gasteiger partial charge >= 0.3 is 0 Å². The first-order valence-corrected chi connectivity index (χ1v) is 7.94. The van der Waals surface area contributed by atoms with Crippen molar-refractivity contribution in [3.8, 4) is 0 Å². The van der Waals surface area contributed by atoms with Crippen LogP contribution in [0.3, 0.4) is 0 Å². The number of ether oxygens (including phenoxy) is 2. The summed E-state index contributed by atoms with van der Waals surface area (Å²) >= 11 is 0. The molecule has 0 saturated carbocycles. The van der Waals surface area contributed by atoms with Gasteiger partial charge in [0.2, 0.25) is 0 Å². The van der Waals surface area contributed by atoms with E-state index < -0.39 is 0 Å². The minimum absolute atomic E-state index is 0.0834. The molecule has 0 amide bonds. The number of unbranched alkanes of at least 4 members (excludes halogenated alkanes) is 1. The highest BCUT2D eigenvalue weighted by molar-refractivity contribution is 5.79. The van der Waals surface area contributed by atoms with Crippen LogP contribution in [-0.4, -0.2) is 51.0 Å². The number of rotatable bonds is 9. The topological polar surface area (TPSA) is 54.9 Å². The number of hydrogen-bond acceptors (Lipinski definition) is 3. The molecule has 0 aromatic rings. The number of guanidine groups is 1. The van der Waals surface area contributed by atoms with E-state index in [9.17, 15) is 0 Å². The van der Waals surface area contributed by atoms with E-state index in [4.69, 9.17) is 9.47 Å². The lowest BCUT2D eigenvalue weighted by Gasteiger charge is -2.21. The van der Waals surface area contributed by atoms with Gasteiger partial charge in [-0.05, 0) is 33.1 Å². The second kappa shape index (κ2) is 10.00. The van der Waals surface area contributed by atoms with Crippen LogP contribution in [0.4, 0.5) is 0 Å². The fourth-order valence-corrected chi connectivity index (χ4v) is 2.14. The third-order valence-electron chi connectivity index (χ3n) is 3.40. The van der Waals surface area contributed by atoms with Crippen molar-refractivity contribution in [1.82, 2.24) is 10.6 Å². The second-order valence-electron chi connectivity index (χ2n) is 5.49. The van der Waals surface area contributed by atoms with Crippen LogP contribution in [0.15, 0.2) is 4.99 Å². The SMILES string of the molecule is CCCCOCCNC(=NCC1(C)CCCO1)NCC. The predicted molar refractivity (Wildman–Crippen MR) is 83.3 cm³/mol. The largest absolute Gasteiger partial charge is 0.380 e. The molecule has 1 fully saturated rings. The highest BCUT2D eigenvalue weighted by atomic mass is 16.5.